The number of hydrogen-bond acceptors (Lipinski definition) is 5. The molecule has 33 heavy (non-hydrogen) atoms. The van der Waals surface area contributed by atoms with Crippen LogP contribution in [0.2, 0.25) is 5.02 Å². The van der Waals surface area contributed by atoms with Crippen LogP contribution in [0, 0.1) is 0 Å². The van der Waals surface area contributed by atoms with Crippen LogP contribution in [-0.2, 0) is 17.6 Å². The Bertz CT molecular complexity index is 1260. The fourth-order valence-electron chi connectivity index (χ4n) is 2.89. The van der Waals surface area contributed by atoms with Gasteiger partial charge >= 0.3 is 6.18 Å². The molecule has 1 N–H and O–H groups in total. The van der Waals surface area contributed by atoms with Crippen molar-refractivity contribution >= 4 is 40.6 Å². The van der Waals surface area contributed by atoms with Gasteiger partial charge in [0.25, 0.3) is 0 Å². The van der Waals surface area contributed by atoms with Crippen molar-refractivity contribution in [3.8, 4) is 5.75 Å². The highest BCUT2D eigenvalue weighted by Crippen LogP contribution is 2.33. The smallest absolute Gasteiger partial charge is 0.417 e. The monoisotopic (exact) mass is 492 g/mol. The minimum atomic E-state index is -4.57. The minimum absolute atomic E-state index is 0.0821. The first-order valence-corrected chi connectivity index (χ1v) is 11.0. The number of rotatable bonds is 7. The van der Waals surface area contributed by atoms with E-state index in [0.717, 1.165) is 34.0 Å². The summed E-state index contributed by atoms with van der Waals surface area (Å²) in [5.41, 5.74) is 0.747. The number of hydrogen-bond donors (Lipinski definition) is 1. The van der Waals surface area contributed by atoms with E-state index in [9.17, 15) is 18.0 Å². The number of alkyl halides is 3. The molecule has 170 valence electrons. The molecule has 1 amide bonds. The zero-order chi connectivity index (χ0) is 23.4. The number of benzene rings is 2. The summed E-state index contributed by atoms with van der Waals surface area (Å²) >= 11 is 6.85. The number of pyridine rings is 1. The third-order valence-corrected chi connectivity index (χ3v) is 5.70. The van der Waals surface area contributed by atoms with E-state index in [1.165, 1.54) is 0 Å². The molecule has 2 heterocycles. The predicted molar refractivity (Wildman–Crippen MR) is 120 cm³/mol. The van der Waals surface area contributed by atoms with Crippen LogP contribution in [0.4, 0.5) is 18.9 Å². The van der Waals surface area contributed by atoms with E-state index in [1.54, 1.807) is 24.3 Å². The van der Waals surface area contributed by atoms with E-state index >= 15 is 0 Å². The maximum atomic E-state index is 13.1. The molecule has 0 radical (unpaired) electrons. The van der Waals surface area contributed by atoms with Crippen molar-refractivity contribution in [1.29, 1.82) is 0 Å². The highest BCUT2D eigenvalue weighted by Gasteiger charge is 2.32. The van der Waals surface area contributed by atoms with Gasteiger partial charge in [-0.3, -0.25) is 9.20 Å². The number of aromatic nitrogens is 3. The number of fused-ring (bicyclic) bond motifs is 1. The summed E-state index contributed by atoms with van der Waals surface area (Å²) in [6.07, 6.45) is -3.71. The first kappa shape index (κ1) is 22.9. The van der Waals surface area contributed by atoms with Crippen molar-refractivity contribution in [2.45, 2.75) is 17.9 Å². The molecule has 0 saturated heterocycles. The molecule has 6 nitrogen and oxygen atoms in total. The van der Waals surface area contributed by atoms with Gasteiger partial charge in [-0.25, -0.2) is 0 Å². The third kappa shape index (κ3) is 5.77. The van der Waals surface area contributed by atoms with E-state index in [2.05, 4.69) is 15.5 Å². The summed E-state index contributed by atoms with van der Waals surface area (Å²) in [6.45, 7) is 0.426. The van der Waals surface area contributed by atoms with E-state index in [0.29, 0.717) is 18.0 Å². The lowest BCUT2D eigenvalue weighted by atomic mass is 10.2. The molecule has 0 spiro atoms. The van der Waals surface area contributed by atoms with Crippen LogP contribution in [-0.4, -0.2) is 26.3 Å². The van der Waals surface area contributed by atoms with Crippen molar-refractivity contribution in [3.63, 3.8) is 0 Å². The molecule has 0 aliphatic rings. The van der Waals surface area contributed by atoms with Crippen LogP contribution in [0.15, 0.2) is 72.0 Å². The van der Waals surface area contributed by atoms with Gasteiger partial charge in [-0.15, -0.1) is 10.2 Å². The second-order valence-electron chi connectivity index (χ2n) is 6.89. The highest BCUT2D eigenvalue weighted by atomic mass is 35.5. The Labute approximate surface area is 195 Å². The number of nitrogens with zero attached hydrogens (tertiary/aromatic N) is 3. The van der Waals surface area contributed by atoms with E-state index in [4.69, 9.17) is 16.3 Å². The molecule has 2 aromatic carbocycles. The van der Waals surface area contributed by atoms with E-state index in [1.807, 2.05) is 30.3 Å². The first-order chi connectivity index (χ1) is 15.8. The molecule has 0 saturated carbocycles. The minimum Gasteiger partial charge on any atom is -0.489 e. The molecule has 0 aliphatic carbocycles. The van der Waals surface area contributed by atoms with Gasteiger partial charge in [0.2, 0.25) is 5.91 Å². The van der Waals surface area contributed by atoms with Gasteiger partial charge in [0.15, 0.2) is 10.8 Å². The van der Waals surface area contributed by atoms with Gasteiger partial charge in [-0.05, 0) is 35.9 Å². The number of anilines is 1. The molecular formula is C22H16ClF3N4O2S. The summed E-state index contributed by atoms with van der Waals surface area (Å²) in [7, 11) is 0. The van der Waals surface area contributed by atoms with E-state index in [-0.39, 0.29) is 27.5 Å². The number of carbonyl (C=O) groups is 1. The van der Waals surface area contributed by atoms with Gasteiger partial charge in [0.05, 0.1) is 16.3 Å². The number of amides is 1. The molecule has 0 fully saturated rings. The SMILES string of the molecule is O=C(CSc1nnc2c(Cl)cc(C(F)(F)F)cn12)Nc1ccc(OCc2ccccc2)cc1. The highest BCUT2D eigenvalue weighted by molar-refractivity contribution is 7.99. The number of halogens is 4. The van der Waals surface area contributed by atoms with Crippen molar-refractivity contribution in [2.75, 3.05) is 11.1 Å². The maximum Gasteiger partial charge on any atom is 0.417 e. The zero-order valence-corrected chi connectivity index (χ0v) is 18.4. The van der Waals surface area contributed by atoms with Gasteiger partial charge in [-0.2, -0.15) is 13.2 Å². The summed E-state index contributed by atoms with van der Waals surface area (Å²) in [5.74, 6) is 0.215. The normalized spacial score (nSPS) is 11.5. The van der Waals surface area contributed by atoms with Crippen molar-refractivity contribution in [1.82, 2.24) is 14.6 Å². The summed E-state index contributed by atoms with van der Waals surface area (Å²) in [5, 5.41) is 10.3. The Morgan fingerprint density at radius 2 is 1.82 bits per heavy atom. The summed E-state index contributed by atoms with van der Waals surface area (Å²) < 4.78 is 46.0. The van der Waals surface area contributed by atoms with Crippen molar-refractivity contribution < 1.29 is 22.7 Å². The Balaban J connectivity index is 1.35. The fraction of sp³-hybridized carbons (Fsp3) is 0.136. The molecule has 0 bridgehead atoms. The van der Waals surface area contributed by atoms with Crippen LogP contribution in [0.25, 0.3) is 5.65 Å². The van der Waals surface area contributed by atoms with Crippen LogP contribution in [0.1, 0.15) is 11.1 Å². The van der Waals surface area contributed by atoms with Gasteiger partial charge in [0.1, 0.15) is 12.4 Å². The van der Waals surface area contributed by atoms with E-state index < -0.39 is 11.7 Å². The lowest BCUT2D eigenvalue weighted by Gasteiger charge is -2.09. The van der Waals surface area contributed by atoms with Gasteiger partial charge < -0.3 is 10.1 Å². The van der Waals surface area contributed by atoms with Crippen LogP contribution < -0.4 is 10.1 Å². The molecule has 4 aromatic rings. The van der Waals surface area contributed by atoms with Gasteiger partial charge in [-0.1, -0.05) is 53.7 Å². The van der Waals surface area contributed by atoms with Crippen molar-refractivity contribution in [3.05, 3.63) is 83.0 Å². The van der Waals surface area contributed by atoms with Crippen LogP contribution in [0.5, 0.6) is 5.75 Å². The Hall–Kier alpha value is -3.24. The Kier molecular flexibility index (Phi) is 6.75. The topological polar surface area (TPSA) is 68.5 Å². The third-order valence-electron chi connectivity index (χ3n) is 4.47. The Morgan fingerprint density at radius 3 is 2.52 bits per heavy atom. The average molecular weight is 493 g/mol. The lowest BCUT2D eigenvalue weighted by molar-refractivity contribution is -0.137. The molecule has 0 unspecified atom stereocenters. The van der Waals surface area contributed by atoms with Gasteiger partial charge in [0, 0.05) is 11.9 Å². The Morgan fingerprint density at radius 1 is 1.09 bits per heavy atom. The quantitative estimate of drug-likeness (QED) is 0.335. The largest absolute Gasteiger partial charge is 0.489 e. The standard InChI is InChI=1S/C22H16ClF3N4O2S/c23-18-10-15(22(24,25)26)11-30-20(18)28-29-21(30)33-13-19(31)27-16-6-8-17(9-7-16)32-12-14-4-2-1-3-5-14/h1-11H,12-13H2,(H,27,31). The number of thioether (sulfide) groups is 1. The number of carbonyl (C=O) groups excluding carboxylic acids is 1. The lowest BCUT2D eigenvalue weighted by Crippen LogP contribution is -2.14. The molecule has 0 aliphatic heterocycles. The molecule has 4 rings (SSSR count). The van der Waals surface area contributed by atoms with Crippen molar-refractivity contribution in [2.24, 2.45) is 0 Å². The summed E-state index contributed by atoms with van der Waals surface area (Å²) in [6, 6.07) is 17.4. The predicted octanol–water partition coefficient (Wildman–Crippen LogP) is 5.71. The molecule has 11 heteroatoms. The number of ether oxygens (including phenoxy) is 1. The fourth-order valence-corrected chi connectivity index (χ4v) is 3.85. The first-order valence-electron chi connectivity index (χ1n) is 9.60. The molecular weight excluding hydrogens is 477 g/mol. The van der Waals surface area contributed by atoms with Crippen LogP contribution >= 0.6 is 23.4 Å². The van der Waals surface area contributed by atoms with Crippen LogP contribution in [0.3, 0.4) is 0 Å². The molecule has 2 aromatic heterocycles. The number of nitrogens with one attached hydrogen (secondary N) is 1. The second-order valence-corrected chi connectivity index (χ2v) is 8.24. The maximum absolute atomic E-state index is 13.1. The molecule has 0 atom stereocenters. The zero-order valence-electron chi connectivity index (χ0n) is 16.8. The average Bonchev–Trinajstić information content (AvgIpc) is 3.21. The second kappa shape index (κ2) is 9.72. The summed E-state index contributed by atoms with van der Waals surface area (Å²) in [4.78, 5) is 12.3.